The molecule has 2 aromatic heterocycles. The maximum atomic E-state index is 12.1. The van der Waals surface area contributed by atoms with E-state index in [0.29, 0.717) is 5.11 Å². The maximum absolute atomic E-state index is 12.1. The van der Waals surface area contributed by atoms with Crippen LogP contribution in [-0.2, 0) is 4.79 Å². The smallest absolute Gasteiger partial charge is 0.226 e. The molecule has 1 saturated heterocycles. The lowest BCUT2D eigenvalue weighted by atomic mass is 10.0. The summed E-state index contributed by atoms with van der Waals surface area (Å²) in [7, 11) is 0. The molecule has 1 fully saturated rings. The number of carbonyl (C=O) groups excluding carboxylic acids is 1. The summed E-state index contributed by atoms with van der Waals surface area (Å²) < 4.78 is 0. The highest BCUT2D eigenvalue weighted by Crippen LogP contribution is 2.41. The Morgan fingerprint density at radius 3 is 2.67 bits per heavy atom. The number of benzene rings is 1. The van der Waals surface area contributed by atoms with E-state index < -0.39 is 0 Å². The molecule has 0 unspecified atom stereocenters. The van der Waals surface area contributed by atoms with E-state index in [4.69, 9.17) is 12.2 Å². The molecule has 3 N–H and O–H groups in total. The van der Waals surface area contributed by atoms with Gasteiger partial charge in [-0.25, -0.2) is 0 Å². The van der Waals surface area contributed by atoms with Crippen molar-refractivity contribution in [3.8, 4) is 0 Å². The first-order valence-corrected chi connectivity index (χ1v) is 10.4. The Labute approximate surface area is 181 Å². The minimum atomic E-state index is -0.0852. The molecule has 4 rings (SSSR count). The van der Waals surface area contributed by atoms with E-state index in [2.05, 4.69) is 37.6 Å². The number of aryl methyl sites for hydroxylation is 1. The van der Waals surface area contributed by atoms with Gasteiger partial charge in [0.1, 0.15) is 6.04 Å². The number of aromatic amines is 1. The first-order valence-electron chi connectivity index (χ1n) is 10.0. The van der Waals surface area contributed by atoms with E-state index in [1.165, 1.54) is 0 Å². The highest BCUT2D eigenvalue weighted by atomic mass is 32.1. The lowest BCUT2D eigenvalue weighted by Gasteiger charge is -2.27. The minimum Gasteiger partial charge on any atom is -0.363 e. The summed E-state index contributed by atoms with van der Waals surface area (Å²) >= 11 is 5.73. The Balaban J connectivity index is 1.71. The van der Waals surface area contributed by atoms with Crippen LogP contribution in [-0.4, -0.2) is 21.0 Å². The second-order valence-electron chi connectivity index (χ2n) is 7.77. The Bertz CT molecular complexity index is 1050. The highest BCUT2D eigenvalue weighted by Gasteiger charge is 2.41. The molecule has 0 bridgehead atoms. The molecule has 1 aliphatic heterocycles. The van der Waals surface area contributed by atoms with E-state index in [0.717, 1.165) is 28.3 Å². The number of aromatic nitrogens is 2. The van der Waals surface area contributed by atoms with Crippen LogP contribution in [0.1, 0.15) is 42.9 Å². The van der Waals surface area contributed by atoms with Crippen molar-refractivity contribution in [1.82, 2.24) is 15.3 Å². The third-order valence-corrected chi connectivity index (χ3v) is 5.62. The number of hydrogen-bond donors (Lipinski definition) is 3. The summed E-state index contributed by atoms with van der Waals surface area (Å²) in [5.41, 5.74) is 4.74. The van der Waals surface area contributed by atoms with Crippen LogP contribution in [0.15, 0.2) is 60.9 Å². The number of pyridine rings is 1. The van der Waals surface area contributed by atoms with E-state index in [1.807, 2.05) is 63.4 Å². The quantitative estimate of drug-likeness (QED) is 0.532. The average Bonchev–Trinajstić information content (AvgIpc) is 3.37. The number of nitrogens with zero attached hydrogens (tertiary/aromatic N) is 2. The molecule has 1 aromatic carbocycles. The second kappa shape index (κ2) is 8.28. The molecule has 0 radical (unpaired) electrons. The number of hydrogen-bond acceptors (Lipinski definition) is 3. The second-order valence-corrected chi connectivity index (χ2v) is 8.15. The molecule has 7 heteroatoms. The Morgan fingerprint density at radius 2 is 2.03 bits per heavy atom. The largest absolute Gasteiger partial charge is 0.363 e. The molecule has 154 valence electrons. The van der Waals surface area contributed by atoms with Crippen molar-refractivity contribution in [3.05, 3.63) is 77.9 Å². The van der Waals surface area contributed by atoms with Crippen molar-refractivity contribution in [2.24, 2.45) is 5.92 Å². The summed E-state index contributed by atoms with van der Waals surface area (Å²) in [5.74, 6) is -0.0699. The first-order chi connectivity index (χ1) is 14.5. The number of rotatable bonds is 5. The number of amides is 1. The van der Waals surface area contributed by atoms with Crippen LogP contribution in [0.2, 0.25) is 0 Å². The van der Waals surface area contributed by atoms with Crippen LogP contribution in [0.4, 0.5) is 11.4 Å². The van der Waals surface area contributed by atoms with Gasteiger partial charge in [-0.1, -0.05) is 19.9 Å². The number of nitrogens with one attached hydrogen (secondary N) is 3. The van der Waals surface area contributed by atoms with Crippen molar-refractivity contribution in [2.45, 2.75) is 32.9 Å². The standard InChI is InChI=1S/C23H25N5OS/c1-14(2)22(29)26-17-10-9-16(13-15(17)3)28-21(19-8-6-12-25-19)20(27-23(28)30)18-7-4-5-11-24-18/h4-14,20-21,25H,1-3H3,(H,26,29)(H,27,30)/t20-,21-/m1/s1. The summed E-state index contributed by atoms with van der Waals surface area (Å²) in [6.45, 7) is 5.75. The third-order valence-electron chi connectivity index (χ3n) is 5.31. The predicted molar refractivity (Wildman–Crippen MR) is 123 cm³/mol. The molecule has 3 aromatic rings. The molecule has 0 saturated carbocycles. The lowest BCUT2D eigenvalue weighted by molar-refractivity contribution is -0.118. The molecule has 1 aliphatic rings. The molecule has 6 nitrogen and oxygen atoms in total. The summed E-state index contributed by atoms with van der Waals surface area (Å²) in [5, 5.41) is 7.08. The van der Waals surface area contributed by atoms with Gasteiger partial charge in [0, 0.05) is 35.4 Å². The van der Waals surface area contributed by atoms with Crippen LogP contribution < -0.4 is 15.5 Å². The van der Waals surface area contributed by atoms with Gasteiger partial charge in [0.05, 0.1) is 11.7 Å². The topological polar surface area (TPSA) is 73.1 Å². The zero-order valence-electron chi connectivity index (χ0n) is 17.2. The van der Waals surface area contributed by atoms with Gasteiger partial charge in [-0.15, -0.1) is 0 Å². The fraction of sp³-hybridized carbons (Fsp3) is 0.261. The van der Waals surface area contributed by atoms with Crippen LogP contribution >= 0.6 is 12.2 Å². The monoisotopic (exact) mass is 419 g/mol. The van der Waals surface area contributed by atoms with E-state index in [-0.39, 0.29) is 23.9 Å². The molecule has 1 amide bonds. The molecule has 3 heterocycles. The van der Waals surface area contributed by atoms with E-state index in [1.54, 1.807) is 6.20 Å². The van der Waals surface area contributed by atoms with Crippen LogP contribution in [0.3, 0.4) is 0 Å². The van der Waals surface area contributed by atoms with Crippen LogP contribution in [0.25, 0.3) is 0 Å². The number of H-pyrrole nitrogens is 1. The maximum Gasteiger partial charge on any atom is 0.226 e. The van der Waals surface area contributed by atoms with Crippen LogP contribution in [0.5, 0.6) is 0 Å². The molecule has 0 aliphatic carbocycles. The first kappa shape index (κ1) is 20.1. The van der Waals surface area contributed by atoms with Crippen molar-refractivity contribution >= 4 is 34.6 Å². The van der Waals surface area contributed by atoms with Crippen molar-refractivity contribution in [1.29, 1.82) is 0 Å². The lowest BCUT2D eigenvalue weighted by Crippen LogP contribution is -2.29. The van der Waals surface area contributed by atoms with Gasteiger partial charge >= 0.3 is 0 Å². The summed E-state index contributed by atoms with van der Waals surface area (Å²) in [6.07, 6.45) is 3.71. The van der Waals surface area contributed by atoms with Gasteiger partial charge in [0.25, 0.3) is 0 Å². The third kappa shape index (κ3) is 3.80. The highest BCUT2D eigenvalue weighted by molar-refractivity contribution is 7.80. The van der Waals surface area contributed by atoms with Gasteiger partial charge in [-0.2, -0.15) is 0 Å². The molecule has 30 heavy (non-hydrogen) atoms. The SMILES string of the molecule is Cc1cc(N2C(=S)N[C@H](c3ccccn3)[C@H]2c2ccc[nH]2)ccc1NC(=O)C(C)C. The number of carbonyl (C=O) groups is 1. The fourth-order valence-corrected chi connectivity index (χ4v) is 4.04. The number of anilines is 2. The average molecular weight is 420 g/mol. The van der Waals surface area contributed by atoms with Crippen molar-refractivity contribution in [2.75, 3.05) is 10.2 Å². The minimum absolute atomic E-state index is 0.00341. The molecule has 0 spiro atoms. The van der Waals surface area contributed by atoms with E-state index in [9.17, 15) is 4.79 Å². The summed E-state index contributed by atoms with van der Waals surface area (Å²) in [6, 6.07) is 15.8. The molecular weight excluding hydrogens is 394 g/mol. The molecular formula is C23H25N5OS. The van der Waals surface area contributed by atoms with Crippen LogP contribution in [0, 0.1) is 12.8 Å². The van der Waals surface area contributed by atoms with Gasteiger partial charge in [-0.3, -0.25) is 9.78 Å². The zero-order chi connectivity index (χ0) is 21.3. The van der Waals surface area contributed by atoms with Gasteiger partial charge in [-0.05, 0) is 67.2 Å². The van der Waals surface area contributed by atoms with Crippen molar-refractivity contribution in [3.63, 3.8) is 0 Å². The Morgan fingerprint density at radius 1 is 1.20 bits per heavy atom. The molecule has 2 atom stereocenters. The zero-order valence-corrected chi connectivity index (χ0v) is 18.0. The Kier molecular flexibility index (Phi) is 5.55. The Hall–Kier alpha value is -3.19. The van der Waals surface area contributed by atoms with Gasteiger partial charge < -0.3 is 20.5 Å². The van der Waals surface area contributed by atoms with Gasteiger partial charge in [0.2, 0.25) is 5.91 Å². The predicted octanol–water partition coefficient (Wildman–Crippen LogP) is 4.49. The van der Waals surface area contributed by atoms with Gasteiger partial charge in [0.15, 0.2) is 5.11 Å². The summed E-state index contributed by atoms with van der Waals surface area (Å²) in [4.78, 5) is 22.1. The number of thiocarbonyl (C=S) groups is 1. The van der Waals surface area contributed by atoms with E-state index >= 15 is 0 Å². The van der Waals surface area contributed by atoms with Crippen molar-refractivity contribution < 1.29 is 4.79 Å². The normalized spacial score (nSPS) is 18.5. The fourth-order valence-electron chi connectivity index (χ4n) is 3.69.